The van der Waals surface area contributed by atoms with Crippen LogP contribution in [0.5, 0.6) is 28.7 Å². The molecule has 4 rings (SSSR count). The molecular weight excluding hydrogens is 424 g/mol. The van der Waals surface area contributed by atoms with Gasteiger partial charge in [0.1, 0.15) is 17.2 Å². The van der Waals surface area contributed by atoms with E-state index in [0.29, 0.717) is 51.0 Å². The fraction of sp³-hybridized carbons (Fsp3) is 0.154. The van der Waals surface area contributed by atoms with Gasteiger partial charge < -0.3 is 23.7 Å². The van der Waals surface area contributed by atoms with Gasteiger partial charge in [0.05, 0.1) is 32.5 Å². The number of hydrogen-bond acceptors (Lipinski definition) is 7. The number of Topliss-reactive ketones (excluding diaryl/α,β-unsaturated/α-hetero) is 1. The molecule has 0 aliphatic carbocycles. The quantitative estimate of drug-likeness (QED) is 0.304. The summed E-state index contributed by atoms with van der Waals surface area (Å²) in [5.41, 5.74) is 1.91. The molecule has 168 valence electrons. The summed E-state index contributed by atoms with van der Waals surface area (Å²) < 4.78 is 27.4. The molecule has 1 aliphatic heterocycles. The molecule has 7 heteroatoms. The summed E-state index contributed by atoms with van der Waals surface area (Å²) in [5.74, 6) is 1.55. The number of para-hydroxylation sites is 1. The van der Waals surface area contributed by atoms with Gasteiger partial charge in [0.15, 0.2) is 17.3 Å². The molecule has 33 heavy (non-hydrogen) atoms. The Morgan fingerprint density at radius 2 is 1.70 bits per heavy atom. The molecule has 0 saturated heterocycles. The minimum atomic E-state index is -0.543. The SMILES string of the molecule is COc1cccc(C(=O)Oc2ccc3c(c2C)O/C(=C\c2cccc(OC)c2OC)C3=O)c1. The summed E-state index contributed by atoms with van der Waals surface area (Å²) in [6.07, 6.45) is 1.60. The molecule has 1 aliphatic rings. The van der Waals surface area contributed by atoms with Crippen LogP contribution in [0, 0.1) is 6.92 Å². The highest BCUT2D eigenvalue weighted by Crippen LogP contribution is 2.40. The molecule has 1 heterocycles. The molecule has 3 aromatic rings. The zero-order chi connectivity index (χ0) is 23.5. The number of ketones is 1. The maximum atomic E-state index is 12.9. The van der Waals surface area contributed by atoms with Gasteiger partial charge in [-0.2, -0.15) is 0 Å². The summed E-state index contributed by atoms with van der Waals surface area (Å²) in [5, 5.41) is 0. The van der Waals surface area contributed by atoms with Crippen LogP contribution in [0.3, 0.4) is 0 Å². The van der Waals surface area contributed by atoms with E-state index < -0.39 is 5.97 Å². The molecule has 0 radical (unpaired) electrons. The largest absolute Gasteiger partial charge is 0.497 e. The fourth-order valence-electron chi connectivity index (χ4n) is 3.55. The van der Waals surface area contributed by atoms with Crippen molar-refractivity contribution in [3.8, 4) is 28.7 Å². The van der Waals surface area contributed by atoms with E-state index in [9.17, 15) is 9.59 Å². The van der Waals surface area contributed by atoms with Crippen molar-refractivity contribution in [2.24, 2.45) is 0 Å². The molecule has 0 fully saturated rings. The van der Waals surface area contributed by atoms with Crippen LogP contribution in [0.4, 0.5) is 0 Å². The number of hydrogen-bond donors (Lipinski definition) is 0. The first-order valence-electron chi connectivity index (χ1n) is 10.1. The third kappa shape index (κ3) is 4.13. The van der Waals surface area contributed by atoms with Crippen molar-refractivity contribution in [2.45, 2.75) is 6.92 Å². The molecular formula is C26H22O7. The highest BCUT2D eigenvalue weighted by molar-refractivity contribution is 6.15. The van der Waals surface area contributed by atoms with Gasteiger partial charge in [0, 0.05) is 11.1 Å². The minimum absolute atomic E-state index is 0.135. The molecule has 0 amide bonds. The average Bonchev–Trinajstić information content (AvgIpc) is 3.16. The molecule has 0 aromatic heterocycles. The number of ether oxygens (including phenoxy) is 5. The van der Waals surface area contributed by atoms with Crippen LogP contribution in [0.2, 0.25) is 0 Å². The van der Waals surface area contributed by atoms with Crippen molar-refractivity contribution in [1.82, 2.24) is 0 Å². The Kier molecular flexibility index (Phi) is 6.04. The first-order chi connectivity index (χ1) is 16.0. The van der Waals surface area contributed by atoms with Crippen molar-refractivity contribution in [1.29, 1.82) is 0 Å². The minimum Gasteiger partial charge on any atom is -0.497 e. The van der Waals surface area contributed by atoms with Gasteiger partial charge in [-0.1, -0.05) is 18.2 Å². The topological polar surface area (TPSA) is 80.3 Å². The number of allylic oxidation sites excluding steroid dienone is 1. The molecule has 0 unspecified atom stereocenters. The standard InChI is InChI=1S/C26H22O7/c1-15-20(33-26(28)17-8-5-9-18(13-17)29-2)12-11-19-23(27)22(32-24(15)19)14-16-7-6-10-21(30-3)25(16)31-4/h5-14H,1-4H3/b22-14-. The zero-order valence-corrected chi connectivity index (χ0v) is 18.6. The summed E-state index contributed by atoms with van der Waals surface area (Å²) in [6.45, 7) is 1.73. The number of carbonyl (C=O) groups is 2. The van der Waals surface area contributed by atoms with Crippen LogP contribution < -0.4 is 23.7 Å². The Balaban J connectivity index is 1.63. The van der Waals surface area contributed by atoms with Crippen LogP contribution in [-0.4, -0.2) is 33.1 Å². The second kappa shape index (κ2) is 9.08. The van der Waals surface area contributed by atoms with E-state index in [-0.39, 0.29) is 11.5 Å². The van der Waals surface area contributed by atoms with Crippen LogP contribution in [0.25, 0.3) is 6.08 Å². The molecule has 7 nitrogen and oxygen atoms in total. The number of fused-ring (bicyclic) bond motifs is 1. The summed E-state index contributed by atoms with van der Waals surface area (Å²) in [7, 11) is 4.59. The van der Waals surface area contributed by atoms with Crippen LogP contribution in [0.1, 0.15) is 31.8 Å². The van der Waals surface area contributed by atoms with Crippen LogP contribution in [0.15, 0.2) is 60.4 Å². The maximum absolute atomic E-state index is 12.9. The predicted molar refractivity (Wildman–Crippen MR) is 122 cm³/mol. The predicted octanol–water partition coefficient (Wildman–Crippen LogP) is 4.86. The van der Waals surface area contributed by atoms with E-state index in [4.69, 9.17) is 23.7 Å². The Bertz CT molecular complexity index is 1270. The first kappa shape index (κ1) is 22.0. The third-order valence-electron chi connectivity index (χ3n) is 5.26. The van der Waals surface area contributed by atoms with Gasteiger partial charge in [-0.05, 0) is 49.4 Å². The summed E-state index contributed by atoms with van der Waals surface area (Å²) in [4.78, 5) is 25.6. The van der Waals surface area contributed by atoms with Gasteiger partial charge in [0.2, 0.25) is 5.78 Å². The second-order valence-electron chi connectivity index (χ2n) is 7.21. The Morgan fingerprint density at radius 3 is 2.42 bits per heavy atom. The van der Waals surface area contributed by atoms with Gasteiger partial charge in [-0.3, -0.25) is 4.79 Å². The Hall–Kier alpha value is -4.26. The van der Waals surface area contributed by atoms with Crippen LogP contribution in [-0.2, 0) is 0 Å². The lowest BCUT2D eigenvalue weighted by molar-refractivity contribution is 0.0732. The molecule has 0 atom stereocenters. The normalized spacial score (nSPS) is 13.3. The number of benzene rings is 3. The highest BCUT2D eigenvalue weighted by Gasteiger charge is 2.31. The maximum Gasteiger partial charge on any atom is 0.343 e. The van der Waals surface area contributed by atoms with Gasteiger partial charge >= 0.3 is 5.97 Å². The summed E-state index contributed by atoms with van der Waals surface area (Å²) >= 11 is 0. The van der Waals surface area contributed by atoms with Crippen molar-refractivity contribution >= 4 is 17.8 Å². The molecule has 0 spiro atoms. The Morgan fingerprint density at radius 1 is 0.909 bits per heavy atom. The van der Waals surface area contributed by atoms with E-state index in [2.05, 4.69) is 0 Å². The number of esters is 1. The number of methoxy groups -OCH3 is 3. The van der Waals surface area contributed by atoms with Gasteiger partial charge in [-0.15, -0.1) is 0 Å². The van der Waals surface area contributed by atoms with E-state index in [1.165, 1.54) is 14.2 Å². The molecule has 0 N–H and O–H groups in total. The van der Waals surface area contributed by atoms with Crippen LogP contribution >= 0.6 is 0 Å². The smallest absolute Gasteiger partial charge is 0.343 e. The van der Waals surface area contributed by atoms with Crippen molar-refractivity contribution in [3.63, 3.8) is 0 Å². The van der Waals surface area contributed by atoms with E-state index in [1.807, 2.05) is 0 Å². The fourth-order valence-corrected chi connectivity index (χ4v) is 3.55. The highest BCUT2D eigenvalue weighted by atomic mass is 16.5. The third-order valence-corrected chi connectivity index (χ3v) is 5.26. The van der Waals surface area contributed by atoms with E-state index >= 15 is 0 Å². The van der Waals surface area contributed by atoms with Crippen molar-refractivity contribution in [2.75, 3.05) is 21.3 Å². The lowest BCUT2D eigenvalue weighted by Crippen LogP contribution is -2.09. The zero-order valence-electron chi connectivity index (χ0n) is 18.6. The lowest BCUT2D eigenvalue weighted by Gasteiger charge is -2.11. The Labute approximate surface area is 191 Å². The number of carbonyl (C=O) groups excluding carboxylic acids is 2. The molecule has 0 saturated carbocycles. The van der Waals surface area contributed by atoms with Gasteiger partial charge in [0.25, 0.3) is 0 Å². The van der Waals surface area contributed by atoms with E-state index in [0.717, 1.165) is 0 Å². The van der Waals surface area contributed by atoms with Crippen molar-refractivity contribution in [3.05, 3.63) is 82.6 Å². The second-order valence-corrected chi connectivity index (χ2v) is 7.21. The average molecular weight is 446 g/mol. The van der Waals surface area contributed by atoms with E-state index in [1.54, 1.807) is 74.7 Å². The summed E-state index contributed by atoms with van der Waals surface area (Å²) in [6, 6.07) is 15.2. The first-order valence-corrected chi connectivity index (χ1v) is 10.1. The molecule has 0 bridgehead atoms. The molecule has 3 aromatic carbocycles. The monoisotopic (exact) mass is 446 g/mol. The van der Waals surface area contributed by atoms with Gasteiger partial charge in [-0.25, -0.2) is 4.79 Å². The number of rotatable bonds is 6. The van der Waals surface area contributed by atoms with Crippen molar-refractivity contribution < 1.29 is 33.3 Å². The lowest BCUT2D eigenvalue weighted by atomic mass is 10.1.